The Bertz CT molecular complexity index is 491. The van der Waals surface area contributed by atoms with Crippen LogP contribution in [0.2, 0.25) is 0 Å². The van der Waals surface area contributed by atoms with Crippen LogP contribution in [0.3, 0.4) is 0 Å². The Hall–Kier alpha value is -0.910. The largest absolute Gasteiger partial charge is 0.337 e. The van der Waals surface area contributed by atoms with E-state index in [1.54, 1.807) is 11.3 Å². The zero-order valence-corrected chi connectivity index (χ0v) is 11.8. The first kappa shape index (κ1) is 13.5. The van der Waals surface area contributed by atoms with E-state index in [0.29, 0.717) is 11.7 Å². The van der Waals surface area contributed by atoms with E-state index in [0.717, 1.165) is 17.8 Å². The molecular formula is C12H16ClN3OS. The highest BCUT2D eigenvalue weighted by Crippen LogP contribution is 2.30. The van der Waals surface area contributed by atoms with Gasteiger partial charge in [0.15, 0.2) is 0 Å². The second-order valence-corrected chi connectivity index (χ2v) is 5.56. The van der Waals surface area contributed by atoms with Gasteiger partial charge in [-0.1, -0.05) is 11.2 Å². The summed E-state index contributed by atoms with van der Waals surface area (Å²) in [5.74, 6) is 1.41. The Morgan fingerprint density at radius 2 is 2.33 bits per heavy atom. The Balaban J connectivity index is 0.00000120. The lowest BCUT2D eigenvalue weighted by Gasteiger charge is -2.31. The van der Waals surface area contributed by atoms with E-state index in [9.17, 15) is 0 Å². The maximum atomic E-state index is 5.41. The summed E-state index contributed by atoms with van der Waals surface area (Å²) in [5.41, 5.74) is -0.152. The van der Waals surface area contributed by atoms with Crippen molar-refractivity contribution in [2.45, 2.75) is 31.7 Å². The predicted molar refractivity (Wildman–Crippen MR) is 74.1 cm³/mol. The highest BCUT2D eigenvalue weighted by atomic mass is 35.5. The van der Waals surface area contributed by atoms with Crippen molar-refractivity contribution in [2.24, 2.45) is 0 Å². The number of halogens is 1. The van der Waals surface area contributed by atoms with Gasteiger partial charge < -0.3 is 9.84 Å². The van der Waals surface area contributed by atoms with Crippen LogP contribution in [0.1, 0.15) is 32.1 Å². The third-order valence-electron chi connectivity index (χ3n) is 3.26. The third-order valence-corrected chi connectivity index (χ3v) is 4.12. The van der Waals surface area contributed by atoms with E-state index < -0.39 is 0 Å². The number of piperidine rings is 1. The Morgan fingerprint density at radius 3 is 3.00 bits per heavy atom. The quantitative estimate of drug-likeness (QED) is 0.920. The van der Waals surface area contributed by atoms with Crippen molar-refractivity contribution >= 4 is 23.7 Å². The van der Waals surface area contributed by atoms with Crippen LogP contribution in [0.4, 0.5) is 0 Å². The average Bonchev–Trinajstić information content (AvgIpc) is 3.01. The lowest BCUT2D eigenvalue weighted by molar-refractivity contribution is 0.207. The molecule has 18 heavy (non-hydrogen) atoms. The van der Waals surface area contributed by atoms with Gasteiger partial charge in [0.1, 0.15) is 0 Å². The molecule has 98 valence electrons. The molecule has 6 heteroatoms. The van der Waals surface area contributed by atoms with E-state index in [1.165, 1.54) is 12.8 Å². The molecular weight excluding hydrogens is 270 g/mol. The fourth-order valence-corrected chi connectivity index (χ4v) is 2.84. The minimum atomic E-state index is -0.152. The summed E-state index contributed by atoms with van der Waals surface area (Å²) in [4.78, 5) is 5.57. The van der Waals surface area contributed by atoms with E-state index in [1.807, 2.05) is 17.5 Å². The molecule has 4 nitrogen and oxygen atoms in total. The molecule has 0 amide bonds. The molecule has 0 aromatic carbocycles. The van der Waals surface area contributed by atoms with Gasteiger partial charge in [0.25, 0.3) is 0 Å². The van der Waals surface area contributed by atoms with Crippen LogP contribution in [0.5, 0.6) is 0 Å². The molecule has 1 fully saturated rings. The van der Waals surface area contributed by atoms with E-state index in [2.05, 4.69) is 22.4 Å². The van der Waals surface area contributed by atoms with Crippen LogP contribution in [0.15, 0.2) is 22.0 Å². The summed E-state index contributed by atoms with van der Waals surface area (Å²) in [7, 11) is 0. The third kappa shape index (κ3) is 2.43. The molecule has 0 bridgehead atoms. The van der Waals surface area contributed by atoms with Gasteiger partial charge in [0.05, 0.1) is 10.4 Å². The van der Waals surface area contributed by atoms with Gasteiger partial charge in [-0.15, -0.1) is 23.7 Å². The highest BCUT2D eigenvalue weighted by Gasteiger charge is 2.34. The number of nitrogens with zero attached hydrogens (tertiary/aromatic N) is 2. The van der Waals surface area contributed by atoms with E-state index in [-0.39, 0.29) is 17.9 Å². The molecule has 0 saturated carbocycles. The van der Waals surface area contributed by atoms with Gasteiger partial charge in [-0.2, -0.15) is 4.98 Å². The molecule has 3 heterocycles. The first-order valence-electron chi connectivity index (χ1n) is 5.91. The van der Waals surface area contributed by atoms with Crippen LogP contribution in [0, 0.1) is 0 Å². The van der Waals surface area contributed by atoms with Gasteiger partial charge in [-0.05, 0) is 44.2 Å². The SMILES string of the molecule is CC1(c2nc(-c3cccs3)no2)CCCCN1.Cl. The zero-order chi connectivity index (χ0) is 11.7. The lowest BCUT2D eigenvalue weighted by atomic mass is 9.91. The van der Waals surface area contributed by atoms with Crippen molar-refractivity contribution in [1.82, 2.24) is 15.5 Å². The molecule has 1 N–H and O–H groups in total. The zero-order valence-electron chi connectivity index (χ0n) is 10.2. The first-order valence-corrected chi connectivity index (χ1v) is 6.79. The number of hydrogen-bond acceptors (Lipinski definition) is 5. The number of hydrogen-bond donors (Lipinski definition) is 1. The number of nitrogens with one attached hydrogen (secondary N) is 1. The summed E-state index contributed by atoms with van der Waals surface area (Å²) in [6.07, 6.45) is 3.49. The Labute approximate surface area is 116 Å². The standard InChI is InChI=1S/C12H15N3OS.ClH/c1-12(6-2-3-7-13-12)11-14-10(15-16-11)9-5-4-8-17-9;/h4-5,8,13H,2-3,6-7H2,1H3;1H. The minimum absolute atomic E-state index is 0. The van der Waals surface area contributed by atoms with Gasteiger partial charge in [-0.3, -0.25) is 0 Å². The smallest absolute Gasteiger partial charge is 0.246 e. The maximum absolute atomic E-state index is 5.41. The number of rotatable bonds is 2. The molecule has 1 saturated heterocycles. The van der Waals surface area contributed by atoms with Crippen molar-refractivity contribution < 1.29 is 4.52 Å². The molecule has 3 rings (SSSR count). The fourth-order valence-electron chi connectivity index (χ4n) is 2.19. The number of thiophene rings is 1. The van der Waals surface area contributed by atoms with Crippen molar-refractivity contribution in [2.75, 3.05) is 6.54 Å². The second-order valence-electron chi connectivity index (χ2n) is 4.62. The van der Waals surface area contributed by atoms with Crippen LogP contribution in [-0.2, 0) is 5.54 Å². The topological polar surface area (TPSA) is 51.0 Å². The summed E-state index contributed by atoms with van der Waals surface area (Å²) in [6, 6.07) is 4.01. The van der Waals surface area contributed by atoms with Crippen LogP contribution in [-0.4, -0.2) is 16.7 Å². The molecule has 1 aliphatic rings. The van der Waals surface area contributed by atoms with Crippen molar-refractivity contribution in [3.8, 4) is 10.7 Å². The van der Waals surface area contributed by atoms with Crippen LogP contribution < -0.4 is 5.32 Å². The van der Waals surface area contributed by atoms with Crippen molar-refractivity contribution in [3.05, 3.63) is 23.4 Å². The average molecular weight is 286 g/mol. The molecule has 1 atom stereocenters. The first-order chi connectivity index (χ1) is 8.28. The molecule has 1 unspecified atom stereocenters. The Kier molecular flexibility index (Phi) is 4.04. The van der Waals surface area contributed by atoms with Gasteiger partial charge in [0, 0.05) is 0 Å². The van der Waals surface area contributed by atoms with Gasteiger partial charge >= 0.3 is 0 Å². The molecule has 0 aliphatic carbocycles. The summed E-state index contributed by atoms with van der Waals surface area (Å²) in [5, 5.41) is 9.56. The molecule has 2 aromatic rings. The van der Waals surface area contributed by atoms with Gasteiger partial charge in [-0.25, -0.2) is 0 Å². The molecule has 1 aliphatic heterocycles. The molecule has 0 radical (unpaired) electrons. The normalized spacial score (nSPS) is 23.6. The van der Waals surface area contributed by atoms with Crippen LogP contribution >= 0.6 is 23.7 Å². The predicted octanol–water partition coefficient (Wildman–Crippen LogP) is 3.21. The van der Waals surface area contributed by atoms with Crippen molar-refractivity contribution in [1.29, 1.82) is 0 Å². The molecule has 0 spiro atoms. The Morgan fingerprint density at radius 1 is 1.44 bits per heavy atom. The fraction of sp³-hybridized carbons (Fsp3) is 0.500. The van der Waals surface area contributed by atoms with E-state index >= 15 is 0 Å². The van der Waals surface area contributed by atoms with Gasteiger partial charge in [0.2, 0.25) is 11.7 Å². The number of aromatic nitrogens is 2. The van der Waals surface area contributed by atoms with E-state index in [4.69, 9.17) is 4.52 Å². The van der Waals surface area contributed by atoms with Crippen molar-refractivity contribution in [3.63, 3.8) is 0 Å². The summed E-state index contributed by atoms with van der Waals surface area (Å²) in [6.45, 7) is 3.16. The second kappa shape index (κ2) is 5.38. The summed E-state index contributed by atoms with van der Waals surface area (Å²) < 4.78 is 5.41. The molecule has 2 aromatic heterocycles. The minimum Gasteiger partial charge on any atom is -0.337 e. The lowest BCUT2D eigenvalue weighted by Crippen LogP contribution is -2.43. The monoisotopic (exact) mass is 285 g/mol. The van der Waals surface area contributed by atoms with Crippen LogP contribution in [0.25, 0.3) is 10.7 Å². The summed E-state index contributed by atoms with van der Waals surface area (Å²) >= 11 is 1.63. The maximum Gasteiger partial charge on any atom is 0.246 e. The highest BCUT2D eigenvalue weighted by molar-refractivity contribution is 7.13.